The molecule has 3 unspecified atom stereocenters. The molecule has 2 aliphatic carbocycles. The molecular formula is C23H31NO3. The van der Waals surface area contributed by atoms with Gasteiger partial charge in [0, 0.05) is 12.0 Å². The number of ether oxygens (including phenoxy) is 2. The zero-order valence-corrected chi connectivity index (χ0v) is 16.4. The van der Waals surface area contributed by atoms with Crippen molar-refractivity contribution in [2.45, 2.75) is 63.5 Å². The van der Waals surface area contributed by atoms with Crippen molar-refractivity contribution < 1.29 is 14.3 Å². The van der Waals surface area contributed by atoms with Crippen molar-refractivity contribution in [3.63, 3.8) is 0 Å². The lowest BCUT2D eigenvalue weighted by molar-refractivity contribution is -0.145. The highest BCUT2D eigenvalue weighted by Crippen LogP contribution is 2.49. The van der Waals surface area contributed by atoms with E-state index in [1.54, 1.807) is 0 Å². The first-order valence-corrected chi connectivity index (χ1v) is 10.7. The first-order valence-electron chi connectivity index (χ1n) is 10.7. The molecule has 4 aliphatic rings. The van der Waals surface area contributed by atoms with E-state index in [2.05, 4.69) is 23.5 Å². The molecule has 2 bridgehead atoms. The molecule has 4 nitrogen and oxygen atoms in total. The highest BCUT2D eigenvalue weighted by Gasteiger charge is 2.45. The number of rotatable bonds is 5. The van der Waals surface area contributed by atoms with Gasteiger partial charge in [0.1, 0.15) is 11.9 Å². The van der Waals surface area contributed by atoms with Crippen molar-refractivity contribution >= 4 is 5.97 Å². The lowest BCUT2D eigenvalue weighted by Crippen LogP contribution is -2.39. The van der Waals surface area contributed by atoms with Crippen LogP contribution in [0.4, 0.5) is 0 Å². The van der Waals surface area contributed by atoms with E-state index >= 15 is 0 Å². The van der Waals surface area contributed by atoms with Gasteiger partial charge in [0.2, 0.25) is 0 Å². The molecule has 6 atom stereocenters. The Kier molecular flexibility index (Phi) is 4.42. The number of hydrogen-bond donors (Lipinski definition) is 1. The third-order valence-electron chi connectivity index (χ3n) is 7.59. The van der Waals surface area contributed by atoms with Crippen LogP contribution in [0, 0.1) is 23.7 Å². The van der Waals surface area contributed by atoms with Gasteiger partial charge in [0.15, 0.2) is 0 Å². The predicted octanol–water partition coefficient (Wildman–Crippen LogP) is 3.68. The Morgan fingerprint density at radius 1 is 1.26 bits per heavy atom. The molecule has 0 aromatic heterocycles. The van der Waals surface area contributed by atoms with Crippen molar-refractivity contribution in [3.05, 3.63) is 29.3 Å². The number of fused-ring (bicyclic) bond motifs is 3. The summed E-state index contributed by atoms with van der Waals surface area (Å²) < 4.78 is 11.6. The van der Waals surface area contributed by atoms with E-state index in [4.69, 9.17) is 9.47 Å². The van der Waals surface area contributed by atoms with Gasteiger partial charge in [0.05, 0.1) is 13.0 Å². The number of piperidine rings is 1. The van der Waals surface area contributed by atoms with E-state index in [1.807, 2.05) is 6.92 Å². The predicted molar refractivity (Wildman–Crippen MR) is 104 cm³/mol. The summed E-state index contributed by atoms with van der Waals surface area (Å²) in [5.41, 5.74) is 2.58. The number of methoxy groups -OCH3 is 1. The SMILES string of the molecule is COC(=O)[C@@H](C)[C@H](c1ccc2c(c1)OC(C1CC3C[C@@H]1CN3)CC2)C1CC1. The summed E-state index contributed by atoms with van der Waals surface area (Å²) in [6.45, 7) is 3.18. The standard InChI is InChI=1S/C23H31NO3/c1-13(23(25)26-2)22(15-4-5-15)16-6-3-14-7-8-20(27-21(14)10-16)19-11-18-9-17(19)12-24-18/h3,6,10,13,15,17-20,22,24H,4-5,7-9,11-12H2,1-2H3/t13-,17+,18?,19?,20?,22-/m0/s1. The molecule has 5 rings (SSSR count). The van der Waals surface area contributed by atoms with Crippen LogP contribution in [0.25, 0.3) is 0 Å². The van der Waals surface area contributed by atoms with Crippen molar-refractivity contribution in [3.8, 4) is 5.75 Å². The van der Waals surface area contributed by atoms with Crippen LogP contribution in [0.1, 0.15) is 56.1 Å². The second-order valence-electron chi connectivity index (χ2n) is 9.24. The van der Waals surface area contributed by atoms with Gasteiger partial charge in [-0.3, -0.25) is 4.79 Å². The van der Waals surface area contributed by atoms with Gasteiger partial charge in [-0.1, -0.05) is 19.1 Å². The maximum atomic E-state index is 12.2. The van der Waals surface area contributed by atoms with Crippen LogP contribution in [0.15, 0.2) is 18.2 Å². The van der Waals surface area contributed by atoms with E-state index in [1.165, 1.54) is 50.5 Å². The molecule has 0 amide bonds. The number of hydrogen-bond acceptors (Lipinski definition) is 4. The van der Waals surface area contributed by atoms with Crippen LogP contribution < -0.4 is 10.1 Å². The van der Waals surface area contributed by atoms with Gasteiger partial charge in [0.25, 0.3) is 0 Å². The fourth-order valence-corrected chi connectivity index (χ4v) is 6.01. The number of nitrogens with one attached hydrogen (secondary N) is 1. The lowest BCUT2D eigenvalue weighted by atomic mass is 9.81. The molecule has 1 N–H and O–H groups in total. The Morgan fingerprint density at radius 3 is 2.78 bits per heavy atom. The number of benzene rings is 1. The number of carbonyl (C=O) groups excluding carboxylic acids is 1. The van der Waals surface area contributed by atoms with Crippen molar-refractivity contribution in [2.24, 2.45) is 23.7 Å². The van der Waals surface area contributed by atoms with Crippen LogP contribution in [-0.2, 0) is 16.0 Å². The van der Waals surface area contributed by atoms with Crippen LogP contribution in [0.5, 0.6) is 5.75 Å². The van der Waals surface area contributed by atoms with E-state index < -0.39 is 0 Å². The van der Waals surface area contributed by atoms with Gasteiger partial charge in [-0.25, -0.2) is 0 Å². The first kappa shape index (κ1) is 17.5. The third-order valence-corrected chi connectivity index (χ3v) is 7.59. The molecule has 1 aromatic carbocycles. The van der Waals surface area contributed by atoms with E-state index in [-0.39, 0.29) is 17.8 Å². The second kappa shape index (κ2) is 6.80. The molecule has 1 aromatic rings. The van der Waals surface area contributed by atoms with Crippen molar-refractivity contribution in [1.29, 1.82) is 0 Å². The molecule has 3 fully saturated rings. The number of carbonyl (C=O) groups is 1. The van der Waals surface area contributed by atoms with Crippen LogP contribution in [0.3, 0.4) is 0 Å². The van der Waals surface area contributed by atoms with Crippen LogP contribution >= 0.6 is 0 Å². The summed E-state index contributed by atoms with van der Waals surface area (Å²) >= 11 is 0. The monoisotopic (exact) mass is 369 g/mol. The average molecular weight is 370 g/mol. The highest BCUT2D eigenvalue weighted by molar-refractivity contribution is 5.73. The van der Waals surface area contributed by atoms with Crippen LogP contribution in [0.2, 0.25) is 0 Å². The Labute approximate surface area is 162 Å². The molecule has 2 heterocycles. The molecule has 0 radical (unpaired) electrons. The van der Waals surface area contributed by atoms with E-state index in [9.17, 15) is 4.79 Å². The molecule has 4 heteroatoms. The third kappa shape index (κ3) is 3.16. The fraction of sp³-hybridized carbons (Fsp3) is 0.696. The van der Waals surface area contributed by atoms with Crippen molar-refractivity contribution in [2.75, 3.05) is 13.7 Å². The quantitative estimate of drug-likeness (QED) is 0.805. The summed E-state index contributed by atoms with van der Waals surface area (Å²) in [5.74, 6) is 3.23. The minimum atomic E-state index is -0.100. The second-order valence-corrected chi connectivity index (χ2v) is 9.24. The summed E-state index contributed by atoms with van der Waals surface area (Å²) in [6.07, 6.45) is 7.65. The molecule has 2 saturated carbocycles. The molecule has 2 aliphatic heterocycles. The van der Waals surface area contributed by atoms with Gasteiger partial charge in [-0.2, -0.15) is 0 Å². The average Bonchev–Trinajstić information content (AvgIpc) is 3.29. The maximum absolute atomic E-state index is 12.2. The summed E-state index contributed by atoms with van der Waals surface area (Å²) in [6, 6.07) is 7.43. The van der Waals surface area contributed by atoms with Crippen LogP contribution in [-0.4, -0.2) is 31.8 Å². The highest BCUT2D eigenvalue weighted by atomic mass is 16.5. The zero-order chi connectivity index (χ0) is 18.5. The Morgan fingerprint density at radius 2 is 2.11 bits per heavy atom. The minimum Gasteiger partial charge on any atom is -0.490 e. The molecule has 0 spiro atoms. The van der Waals surface area contributed by atoms with Gasteiger partial charge < -0.3 is 14.8 Å². The molecule has 146 valence electrons. The minimum absolute atomic E-state index is 0.0992. The van der Waals surface area contributed by atoms with Gasteiger partial charge in [-0.15, -0.1) is 0 Å². The first-order chi connectivity index (χ1) is 13.1. The Balaban J connectivity index is 1.37. The number of esters is 1. The Bertz CT molecular complexity index is 728. The van der Waals surface area contributed by atoms with Gasteiger partial charge in [-0.05, 0) is 80.0 Å². The molecule has 27 heavy (non-hydrogen) atoms. The fourth-order valence-electron chi connectivity index (χ4n) is 6.01. The van der Waals surface area contributed by atoms with Gasteiger partial charge >= 0.3 is 5.97 Å². The normalized spacial score (nSPS) is 33.9. The zero-order valence-electron chi connectivity index (χ0n) is 16.4. The summed E-state index contributed by atoms with van der Waals surface area (Å²) in [4.78, 5) is 12.2. The summed E-state index contributed by atoms with van der Waals surface area (Å²) in [7, 11) is 1.49. The summed E-state index contributed by atoms with van der Waals surface area (Å²) in [5, 5.41) is 3.62. The molecular weight excluding hydrogens is 338 g/mol. The Hall–Kier alpha value is -1.55. The maximum Gasteiger partial charge on any atom is 0.309 e. The smallest absolute Gasteiger partial charge is 0.309 e. The number of aryl methyl sites for hydroxylation is 1. The van der Waals surface area contributed by atoms with E-state index in [0.717, 1.165) is 30.6 Å². The van der Waals surface area contributed by atoms with E-state index in [0.29, 0.717) is 17.9 Å². The largest absolute Gasteiger partial charge is 0.490 e. The lowest BCUT2D eigenvalue weighted by Gasteiger charge is -2.35. The topological polar surface area (TPSA) is 47.6 Å². The van der Waals surface area contributed by atoms with Crippen molar-refractivity contribution in [1.82, 2.24) is 5.32 Å². The molecule has 1 saturated heterocycles.